The van der Waals surface area contributed by atoms with Crippen LogP contribution in [0.3, 0.4) is 0 Å². The van der Waals surface area contributed by atoms with Crippen molar-refractivity contribution in [2.24, 2.45) is 0 Å². The summed E-state index contributed by atoms with van der Waals surface area (Å²) in [5.74, 6) is 7.01. The molecule has 0 saturated carbocycles. The first-order valence-corrected chi connectivity index (χ1v) is 10.3. The summed E-state index contributed by atoms with van der Waals surface area (Å²) in [5, 5.41) is 8.83. The molecule has 0 spiro atoms. The number of nitrogens with zero attached hydrogens (tertiary/aromatic N) is 3. The fraction of sp³-hybridized carbons (Fsp3) is 0.250. The number of carbonyl (C=O) groups excluding carboxylic acids is 1. The van der Waals surface area contributed by atoms with E-state index in [1.807, 2.05) is 24.3 Å². The van der Waals surface area contributed by atoms with E-state index in [0.717, 1.165) is 10.0 Å². The van der Waals surface area contributed by atoms with Crippen LogP contribution in [0, 0.1) is 0 Å². The van der Waals surface area contributed by atoms with Gasteiger partial charge in [0, 0.05) is 15.6 Å². The topological polar surface area (TPSA) is 73.8 Å². The minimum atomic E-state index is 0.0200. The number of ketones is 1. The van der Waals surface area contributed by atoms with Gasteiger partial charge in [-0.05, 0) is 23.1 Å². The maximum Gasteiger partial charge on any atom is 0.210 e. The number of hydrogen-bond acceptors (Lipinski definition) is 5. The molecule has 0 bridgehead atoms. The highest BCUT2D eigenvalue weighted by molar-refractivity contribution is 9.10. The molecule has 140 valence electrons. The van der Waals surface area contributed by atoms with Gasteiger partial charge in [-0.3, -0.25) is 4.79 Å². The smallest absolute Gasteiger partial charge is 0.210 e. The number of thioether (sulfide) groups is 1. The van der Waals surface area contributed by atoms with Gasteiger partial charge >= 0.3 is 0 Å². The van der Waals surface area contributed by atoms with E-state index >= 15 is 0 Å². The highest BCUT2D eigenvalue weighted by atomic mass is 79.9. The van der Waals surface area contributed by atoms with E-state index in [2.05, 4.69) is 59.0 Å². The van der Waals surface area contributed by atoms with Crippen LogP contribution in [0.1, 0.15) is 36.7 Å². The summed E-state index contributed by atoms with van der Waals surface area (Å²) in [6.07, 6.45) is 0. The van der Waals surface area contributed by atoms with Crippen LogP contribution in [0.4, 0.5) is 0 Å². The van der Waals surface area contributed by atoms with Crippen molar-refractivity contribution < 1.29 is 4.79 Å². The maximum absolute atomic E-state index is 12.3. The summed E-state index contributed by atoms with van der Waals surface area (Å²) >= 11 is 4.65. The van der Waals surface area contributed by atoms with Crippen molar-refractivity contribution in [2.75, 3.05) is 11.6 Å². The predicted octanol–water partition coefficient (Wildman–Crippen LogP) is 4.69. The first-order chi connectivity index (χ1) is 12.8. The van der Waals surface area contributed by atoms with Crippen molar-refractivity contribution in [1.82, 2.24) is 14.9 Å². The Hall–Kier alpha value is -2.12. The van der Waals surface area contributed by atoms with E-state index in [4.69, 9.17) is 5.84 Å². The summed E-state index contributed by atoms with van der Waals surface area (Å²) in [7, 11) is 0. The van der Waals surface area contributed by atoms with E-state index < -0.39 is 0 Å². The Morgan fingerprint density at radius 2 is 1.70 bits per heavy atom. The number of nitrogens with two attached hydrogens (primary N) is 1. The van der Waals surface area contributed by atoms with Crippen molar-refractivity contribution in [3.05, 3.63) is 64.1 Å². The SMILES string of the molecule is CC(C)(C)c1ccc(-c2nnc(SCC(=O)c3ccc(Br)cc3)n2N)cc1. The Morgan fingerprint density at radius 3 is 2.30 bits per heavy atom. The van der Waals surface area contributed by atoms with Crippen molar-refractivity contribution in [3.8, 4) is 11.4 Å². The number of halogens is 1. The highest BCUT2D eigenvalue weighted by Gasteiger charge is 2.17. The number of aromatic nitrogens is 3. The molecule has 0 aliphatic rings. The van der Waals surface area contributed by atoms with E-state index in [-0.39, 0.29) is 17.0 Å². The monoisotopic (exact) mass is 444 g/mol. The number of rotatable bonds is 5. The molecule has 0 aliphatic heterocycles. The van der Waals surface area contributed by atoms with Crippen LogP contribution in [-0.2, 0) is 5.41 Å². The summed E-state index contributed by atoms with van der Waals surface area (Å²) in [4.78, 5) is 12.3. The Morgan fingerprint density at radius 1 is 1.07 bits per heavy atom. The first kappa shape index (κ1) is 19.6. The first-order valence-electron chi connectivity index (χ1n) is 8.48. The zero-order chi connectivity index (χ0) is 19.6. The number of carbonyl (C=O) groups is 1. The lowest BCUT2D eigenvalue weighted by Crippen LogP contribution is -2.13. The van der Waals surface area contributed by atoms with Gasteiger partial charge < -0.3 is 5.84 Å². The molecule has 0 aliphatic carbocycles. The molecule has 1 aromatic heterocycles. The third-order valence-electron chi connectivity index (χ3n) is 4.17. The number of nitrogen functional groups attached to an aromatic ring is 1. The Balaban J connectivity index is 1.71. The molecule has 1 heterocycles. The summed E-state index contributed by atoms with van der Waals surface area (Å²) in [6, 6.07) is 15.4. The Labute approximate surface area is 171 Å². The van der Waals surface area contributed by atoms with Crippen LogP contribution < -0.4 is 5.84 Å². The van der Waals surface area contributed by atoms with Crippen LogP contribution in [0.25, 0.3) is 11.4 Å². The quantitative estimate of drug-likeness (QED) is 0.350. The van der Waals surface area contributed by atoms with Crippen LogP contribution >= 0.6 is 27.7 Å². The maximum atomic E-state index is 12.3. The zero-order valence-corrected chi connectivity index (χ0v) is 17.8. The predicted molar refractivity (Wildman–Crippen MR) is 114 cm³/mol. The van der Waals surface area contributed by atoms with Gasteiger partial charge in [0.25, 0.3) is 0 Å². The zero-order valence-electron chi connectivity index (χ0n) is 15.4. The van der Waals surface area contributed by atoms with Gasteiger partial charge in [-0.1, -0.05) is 84.9 Å². The molecule has 2 N–H and O–H groups in total. The second-order valence-corrected chi connectivity index (χ2v) is 9.08. The van der Waals surface area contributed by atoms with Crippen molar-refractivity contribution in [1.29, 1.82) is 0 Å². The van der Waals surface area contributed by atoms with E-state index in [1.165, 1.54) is 22.0 Å². The summed E-state index contributed by atoms with van der Waals surface area (Å²) in [6.45, 7) is 6.51. The molecule has 5 nitrogen and oxygen atoms in total. The van der Waals surface area contributed by atoms with Gasteiger partial charge in [0.1, 0.15) is 0 Å². The third kappa shape index (κ3) is 4.59. The number of hydrogen-bond donors (Lipinski definition) is 1. The molecule has 0 fully saturated rings. The lowest BCUT2D eigenvalue weighted by atomic mass is 9.87. The van der Waals surface area contributed by atoms with Gasteiger partial charge in [0.05, 0.1) is 5.75 Å². The van der Waals surface area contributed by atoms with Crippen molar-refractivity contribution >= 4 is 33.5 Å². The minimum absolute atomic E-state index is 0.0200. The molecule has 2 aromatic carbocycles. The molecule has 0 radical (unpaired) electrons. The normalized spacial score (nSPS) is 11.6. The lowest BCUT2D eigenvalue weighted by molar-refractivity contribution is 0.102. The molecule has 3 rings (SSSR count). The van der Waals surface area contributed by atoms with Crippen molar-refractivity contribution in [2.45, 2.75) is 31.3 Å². The molecule has 0 unspecified atom stereocenters. The molecule has 7 heteroatoms. The standard InChI is InChI=1S/C20H21BrN4OS/c1-20(2,3)15-8-4-14(5-9-15)18-23-24-19(25(18)22)27-12-17(26)13-6-10-16(21)11-7-13/h4-11H,12,22H2,1-3H3. The Kier molecular flexibility index (Phi) is 5.72. The molecule has 3 aromatic rings. The van der Waals surface area contributed by atoms with E-state index in [9.17, 15) is 4.79 Å². The molecule has 0 amide bonds. The molecule has 0 atom stereocenters. The molecule has 0 saturated heterocycles. The summed E-state index contributed by atoms with van der Waals surface area (Å²) in [5.41, 5.74) is 2.88. The fourth-order valence-electron chi connectivity index (χ4n) is 2.54. The van der Waals surface area contributed by atoms with Gasteiger partial charge in [-0.15, -0.1) is 10.2 Å². The van der Waals surface area contributed by atoms with Crippen molar-refractivity contribution in [3.63, 3.8) is 0 Å². The molecular formula is C20H21BrN4OS. The van der Waals surface area contributed by atoms with Crippen LogP contribution in [0.5, 0.6) is 0 Å². The van der Waals surface area contributed by atoms with Crippen LogP contribution in [0.2, 0.25) is 0 Å². The molecule has 27 heavy (non-hydrogen) atoms. The van der Waals surface area contributed by atoms with Crippen LogP contribution in [-0.4, -0.2) is 26.4 Å². The van der Waals surface area contributed by atoms with E-state index in [0.29, 0.717) is 16.5 Å². The average Bonchev–Trinajstić information content (AvgIpc) is 3.00. The van der Waals surface area contributed by atoms with Crippen LogP contribution in [0.15, 0.2) is 58.2 Å². The molecular weight excluding hydrogens is 424 g/mol. The summed E-state index contributed by atoms with van der Waals surface area (Å²) < 4.78 is 2.38. The third-order valence-corrected chi connectivity index (χ3v) is 5.64. The number of benzene rings is 2. The minimum Gasteiger partial charge on any atom is -0.335 e. The second kappa shape index (κ2) is 7.86. The average molecular weight is 445 g/mol. The second-order valence-electron chi connectivity index (χ2n) is 7.22. The number of Topliss-reactive ketones (excluding diaryl/α,β-unsaturated/α-hetero) is 1. The highest BCUT2D eigenvalue weighted by Crippen LogP contribution is 2.26. The van der Waals surface area contributed by atoms with Gasteiger partial charge in [-0.2, -0.15) is 0 Å². The Bertz CT molecular complexity index is 944. The lowest BCUT2D eigenvalue weighted by Gasteiger charge is -2.19. The largest absolute Gasteiger partial charge is 0.335 e. The van der Waals surface area contributed by atoms with E-state index in [1.54, 1.807) is 12.1 Å². The van der Waals surface area contributed by atoms with Gasteiger partial charge in [0.15, 0.2) is 11.6 Å². The van der Waals surface area contributed by atoms with Gasteiger partial charge in [0.2, 0.25) is 5.16 Å². The fourth-order valence-corrected chi connectivity index (χ4v) is 3.56. The van der Waals surface area contributed by atoms with Gasteiger partial charge in [-0.25, -0.2) is 4.68 Å².